The molecule has 1 fully saturated rings. The Kier molecular flexibility index (Phi) is 9.24. The number of methoxy groups -OCH3 is 1. The summed E-state index contributed by atoms with van der Waals surface area (Å²) in [5.74, 6) is 11.9. The number of fused-ring (bicyclic) bond motifs is 3. The molecule has 1 unspecified atom stereocenters. The van der Waals surface area contributed by atoms with Crippen LogP contribution < -0.4 is 9.64 Å². The van der Waals surface area contributed by atoms with Crippen molar-refractivity contribution in [3.63, 3.8) is 0 Å². The Morgan fingerprint density at radius 3 is 2.09 bits per heavy atom. The third-order valence-corrected chi connectivity index (χ3v) is 9.94. The maximum Gasteiger partial charge on any atom is 0.338 e. The molecule has 53 heavy (non-hydrogen) atoms. The van der Waals surface area contributed by atoms with Gasteiger partial charge in [0.25, 0.3) is 0 Å². The van der Waals surface area contributed by atoms with Gasteiger partial charge in [0, 0.05) is 57.5 Å². The van der Waals surface area contributed by atoms with Crippen LogP contribution in [0.25, 0.3) is 16.8 Å². The van der Waals surface area contributed by atoms with E-state index in [9.17, 15) is 9.18 Å². The van der Waals surface area contributed by atoms with Crippen LogP contribution in [0.15, 0.2) is 133 Å². The van der Waals surface area contributed by atoms with Gasteiger partial charge in [-0.15, -0.1) is 0 Å². The standard InChI is InChI=1S/C48H36FNO3/c1-52-47(51)44-33-38-31-35(15-16-36-18-21-37(45(49)32-36)20-17-34-11-5-2-6-12-34)19-26-42(38)46-43(44)27-28-48(53-46,39-13-7-3-8-14-39)40-22-24-41(25-23-40)50-29-9-4-10-30-50/h2-3,5-8,11-14,18-19,21-28,31-33H,4,9-10,29-30H2,1H3. The Balaban J connectivity index is 1.16. The van der Waals surface area contributed by atoms with E-state index in [4.69, 9.17) is 9.47 Å². The minimum absolute atomic E-state index is 0.309. The molecule has 0 spiro atoms. The van der Waals surface area contributed by atoms with Gasteiger partial charge < -0.3 is 14.4 Å². The summed E-state index contributed by atoms with van der Waals surface area (Å²) in [5, 5.41) is 1.60. The number of hydrogen-bond acceptors (Lipinski definition) is 4. The highest BCUT2D eigenvalue weighted by atomic mass is 19.1. The van der Waals surface area contributed by atoms with E-state index in [-0.39, 0.29) is 0 Å². The van der Waals surface area contributed by atoms with E-state index < -0.39 is 17.4 Å². The summed E-state index contributed by atoms with van der Waals surface area (Å²) in [4.78, 5) is 15.7. The Bertz CT molecular complexity index is 2480. The third kappa shape index (κ3) is 6.78. The lowest BCUT2D eigenvalue weighted by Crippen LogP contribution is -2.35. The summed E-state index contributed by atoms with van der Waals surface area (Å²) in [7, 11) is 1.38. The molecule has 0 aromatic heterocycles. The molecule has 0 N–H and O–H groups in total. The van der Waals surface area contributed by atoms with E-state index in [1.54, 1.807) is 12.1 Å². The summed E-state index contributed by atoms with van der Waals surface area (Å²) in [6.45, 7) is 2.13. The predicted octanol–water partition coefficient (Wildman–Crippen LogP) is 9.90. The Hall–Kier alpha value is -6.56. The first kappa shape index (κ1) is 33.6. The second kappa shape index (κ2) is 14.6. The fraction of sp³-hybridized carbons (Fsp3) is 0.146. The summed E-state index contributed by atoms with van der Waals surface area (Å²) in [6, 6.07) is 40.7. The molecule has 0 radical (unpaired) electrons. The molecule has 6 aromatic carbocycles. The van der Waals surface area contributed by atoms with Crippen molar-refractivity contribution < 1.29 is 18.7 Å². The Morgan fingerprint density at radius 1 is 0.717 bits per heavy atom. The second-order valence-electron chi connectivity index (χ2n) is 13.3. The van der Waals surface area contributed by atoms with Crippen molar-refractivity contribution in [1.29, 1.82) is 0 Å². The van der Waals surface area contributed by atoms with Crippen molar-refractivity contribution >= 4 is 28.5 Å². The van der Waals surface area contributed by atoms with Crippen molar-refractivity contribution in [2.45, 2.75) is 24.9 Å². The zero-order valence-corrected chi connectivity index (χ0v) is 29.4. The van der Waals surface area contributed by atoms with E-state index in [1.807, 2.05) is 84.9 Å². The van der Waals surface area contributed by atoms with Gasteiger partial charge >= 0.3 is 5.97 Å². The predicted molar refractivity (Wildman–Crippen MR) is 209 cm³/mol. The van der Waals surface area contributed by atoms with Crippen LogP contribution in [0.1, 0.15) is 68.6 Å². The number of anilines is 1. The lowest BCUT2D eigenvalue weighted by atomic mass is 9.82. The number of carbonyl (C=O) groups excluding carboxylic acids is 1. The SMILES string of the molecule is COC(=O)c1cc2cc(C#Cc3ccc(C#Cc4ccccc4)c(F)c3)ccc2c2c1C=CC(c1ccccc1)(c1ccc(N3CCCCC3)cc1)O2. The summed E-state index contributed by atoms with van der Waals surface area (Å²) < 4.78 is 27.4. The highest BCUT2D eigenvalue weighted by Gasteiger charge is 2.39. The van der Waals surface area contributed by atoms with E-state index in [0.717, 1.165) is 40.6 Å². The van der Waals surface area contributed by atoms with Gasteiger partial charge in [0.05, 0.1) is 18.2 Å². The van der Waals surface area contributed by atoms with Crippen molar-refractivity contribution in [2.75, 3.05) is 25.1 Å². The molecule has 2 heterocycles. The van der Waals surface area contributed by atoms with Crippen LogP contribution in [0.2, 0.25) is 0 Å². The third-order valence-electron chi connectivity index (χ3n) is 9.94. The summed E-state index contributed by atoms with van der Waals surface area (Å²) in [5.41, 5.74) is 5.62. The number of hydrogen-bond donors (Lipinski definition) is 0. The second-order valence-corrected chi connectivity index (χ2v) is 13.3. The molecule has 8 rings (SSSR count). The van der Waals surface area contributed by atoms with E-state index in [1.165, 1.54) is 38.1 Å². The molecule has 2 aliphatic rings. The lowest BCUT2D eigenvalue weighted by molar-refractivity contribution is 0.0599. The van der Waals surface area contributed by atoms with E-state index >= 15 is 0 Å². The molecule has 258 valence electrons. The monoisotopic (exact) mass is 693 g/mol. The topological polar surface area (TPSA) is 38.8 Å². The van der Waals surface area contributed by atoms with Crippen LogP contribution in [-0.4, -0.2) is 26.2 Å². The number of esters is 1. The van der Waals surface area contributed by atoms with Crippen LogP contribution in [0.3, 0.4) is 0 Å². The van der Waals surface area contributed by atoms with Gasteiger partial charge in [0.2, 0.25) is 0 Å². The van der Waals surface area contributed by atoms with E-state index in [2.05, 4.69) is 65.0 Å². The summed E-state index contributed by atoms with van der Waals surface area (Å²) >= 11 is 0. The van der Waals surface area contributed by atoms with Crippen molar-refractivity contribution in [3.05, 3.63) is 184 Å². The number of carbonyl (C=O) groups is 1. The molecule has 4 nitrogen and oxygen atoms in total. The minimum Gasteiger partial charge on any atom is -0.472 e. The zero-order valence-electron chi connectivity index (χ0n) is 29.4. The fourth-order valence-electron chi connectivity index (χ4n) is 7.15. The molecule has 0 amide bonds. The van der Waals surface area contributed by atoms with E-state index in [0.29, 0.717) is 33.6 Å². The zero-order chi connectivity index (χ0) is 36.2. The number of rotatable bonds is 4. The number of ether oxygens (including phenoxy) is 2. The average Bonchev–Trinajstić information content (AvgIpc) is 3.22. The average molecular weight is 694 g/mol. The molecular formula is C48H36FNO3. The molecule has 1 atom stereocenters. The molecule has 6 aromatic rings. The fourth-order valence-corrected chi connectivity index (χ4v) is 7.15. The molecule has 0 bridgehead atoms. The highest BCUT2D eigenvalue weighted by Crippen LogP contribution is 2.47. The minimum atomic E-state index is -0.948. The van der Waals surface area contributed by atoms with Gasteiger partial charge in [-0.2, -0.15) is 0 Å². The number of halogens is 1. The molecule has 5 heteroatoms. The van der Waals surface area contributed by atoms with Crippen molar-refractivity contribution in [3.8, 4) is 29.4 Å². The highest BCUT2D eigenvalue weighted by molar-refractivity contribution is 6.04. The first-order valence-corrected chi connectivity index (χ1v) is 17.9. The lowest BCUT2D eigenvalue weighted by Gasteiger charge is -2.37. The first-order valence-electron chi connectivity index (χ1n) is 17.9. The number of benzene rings is 6. The number of piperidine rings is 1. The maximum absolute atomic E-state index is 15.0. The molecule has 2 aliphatic heterocycles. The van der Waals surface area contributed by atoms with Gasteiger partial charge in [-0.3, -0.25) is 0 Å². The van der Waals surface area contributed by atoms with Crippen LogP contribution in [0, 0.1) is 29.5 Å². The first-order chi connectivity index (χ1) is 26.0. The normalized spacial score (nSPS) is 16.0. The van der Waals surface area contributed by atoms with Crippen LogP contribution in [0.4, 0.5) is 10.1 Å². The van der Waals surface area contributed by atoms with Gasteiger partial charge in [-0.1, -0.05) is 84.3 Å². The maximum atomic E-state index is 15.0. The van der Waals surface area contributed by atoms with Crippen molar-refractivity contribution in [2.24, 2.45) is 0 Å². The largest absolute Gasteiger partial charge is 0.472 e. The van der Waals surface area contributed by atoms with Crippen LogP contribution in [-0.2, 0) is 10.3 Å². The molecular weight excluding hydrogens is 658 g/mol. The van der Waals surface area contributed by atoms with Gasteiger partial charge in [-0.25, -0.2) is 9.18 Å². The van der Waals surface area contributed by atoms with Gasteiger partial charge in [0.15, 0.2) is 5.60 Å². The molecule has 1 saturated heterocycles. The molecule has 0 aliphatic carbocycles. The smallest absolute Gasteiger partial charge is 0.338 e. The Morgan fingerprint density at radius 2 is 1.38 bits per heavy atom. The van der Waals surface area contributed by atoms with Gasteiger partial charge in [-0.05, 0) is 104 Å². The quantitative estimate of drug-likeness (QED) is 0.136. The van der Waals surface area contributed by atoms with Crippen LogP contribution >= 0.6 is 0 Å². The van der Waals surface area contributed by atoms with Crippen LogP contribution in [0.5, 0.6) is 5.75 Å². The van der Waals surface area contributed by atoms with Crippen molar-refractivity contribution in [1.82, 2.24) is 0 Å². The molecule has 0 saturated carbocycles. The Labute approximate surface area is 309 Å². The number of nitrogens with zero attached hydrogens (tertiary/aromatic N) is 1. The summed E-state index contributed by atoms with van der Waals surface area (Å²) in [6.07, 6.45) is 7.71. The van der Waals surface area contributed by atoms with Gasteiger partial charge in [0.1, 0.15) is 11.6 Å².